The lowest BCUT2D eigenvalue weighted by atomic mass is 10.3. The molecule has 0 saturated carbocycles. The van der Waals surface area contributed by atoms with E-state index in [4.69, 9.17) is 4.42 Å². The molecule has 1 N–H and O–H groups in total. The van der Waals surface area contributed by atoms with E-state index >= 15 is 0 Å². The molecule has 0 aliphatic rings. The van der Waals surface area contributed by atoms with E-state index < -0.39 is 10.0 Å². The van der Waals surface area contributed by atoms with Gasteiger partial charge in [-0.15, -0.1) is 0 Å². The van der Waals surface area contributed by atoms with Crippen LogP contribution in [0.5, 0.6) is 0 Å². The van der Waals surface area contributed by atoms with Crippen molar-refractivity contribution < 1.29 is 12.8 Å². The van der Waals surface area contributed by atoms with Gasteiger partial charge >= 0.3 is 0 Å². The molecule has 18 heavy (non-hydrogen) atoms. The number of nitrogens with one attached hydrogen (secondary N) is 1. The molecule has 1 aromatic carbocycles. The first-order chi connectivity index (χ1) is 8.49. The highest BCUT2D eigenvalue weighted by Gasteiger charge is 2.13. The van der Waals surface area contributed by atoms with Gasteiger partial charge in [-0.05, 0) is 12.1 Å². The number of anilines is 1. The van der Waals surface area contributed by atoms with Crippen molar-refractivity contribution in [1.82, 2.24) is 9.29 Å². The Hall–Kier alpha value is -1.60. The van der Waals surface area contributed by atoms with Crippen molar-refractivity contribution in [1.29, 1.82) is 0 Å². The van der Waals surface area contributed by atoms with E-state index in [1.54, 1.807) is 0 Å². The van der Waals surface area contributed by atoms with E-state index in [0.29, 0.717) is 11.6 Å². The fourth-order valence-corrected chi connectivity index (χ4v) is 2.14. The molecule has 0 bridgehead atoms. The number of hydrogen-bond acceptors (Lipinski definition) is 5. The summed E-state index contributed by atoms with van der Waals surface area (Å²) in [6.45, 7) is 0.257. The summed E-state index contributed by atoms with van der Waals surface area (Å²) < 4.78 is 29.7. The van der Waals surface area contributed by atoms with Crippen LogP contribution in [0.4, 0.5) is 6.01 Å². The maximum Gasteiger partial charge on any atom is 0.295 e. The number of hydrogen-bond donors (Lipinski definition) is 1. The third-order valence-electron chi connectivity index (χ3n) is 2.49. The number of aromatic nitrogens is 1. The minimum Gasteiger partial charge on any atom is -0.424 e. The number of benzene rings is 1. The highest BCUT2D eigenvalue weighted by Crippen LogP contribution is 2.17. The van der Waals surface area contributed by atoms with Crippen LogP contribution in [0.2, 0.25) is 0 Å². The summed E-state index contributed by atoms with van der Waals surface area (Å²) >= 11 is 0. The van der Waals surface area contributed by atoms with E-state index in [-0.39, 0.29) is 12.3 Å². The number of sulfonamides is 1. The van der Waals surface area contributed by atoms with Crippen molar-refractivity contribution in [2.75, 3.05) is 31.7 Å². The second-order valence-corrected chi connectivity index (χ2v) is 6.31. The lowest BCUT2D eigenvalue weighted by Crippen LogP contribution is -2.28. The second kappa shape index (κ2) is 4.95. The van der Waals surface area contributed by atoms with Gasteiger partial charge < -0.3 is 9.73 Å². The Morgan fingerprint density at radius 3 is 2.72 bits per heavy atom. The highest BCUT2D eigenvalue weighted by molar-refractivity contribution is 7.89. The van der Waals surface area contributed by atoms with Gasteiger partial charge in [0.25, 0.3) is 6.01 Å². The largest absolute Gasteiger partial charge is 0.424 e. The van der Waals surface area contributed by atoms with Gasteiger partial charge in [0.1, 0.15) is 5.52 Å². The number of oxazole rings is 1. The molecule has 0 saturated heterocycles. The maximum atomic E-state index is 11.5. The molecule has 6 nitrogen and oxygen atoms in total. The molecule has 1 aromatic heterocycles. The normalized spacial score (nSPS) is 12.2. The Morgan fingerprint density at radius 2 is 2.06 bits per heavy atom. The molecular weight excluding hydrogens is 254 g/mol. The van der Waals surface area contributed by atoms with Crippen LogP contribution in [-0.4, -0.2) is 44.1 Å². The first kappa shape index (κ1) is 12.8. The zero-order valence-electron chi connectivity index (χ0n) is 10.3. The van der Waals surface area contributed by atoms with E-state index in [9.17, 15) is 8.42 Å². The number of rotatable bonds is 5. The van der Waals surface area contributed by atoms with Crippen LogP contribution in [0.1, 0.15) is 0 Å². The van der Waals surface area contributed by atoms with Gasteiger partial charge in [-0.1, -0.05) is 12.1 Å². The van der Waals surface area contributed by atoms with Crippen molar-refractivity contribution >= 4 is 27.1 Å². The van der Waals surface area contributed by atoms with Crippen LogP contribution in [0.25, 0.3) is 11.1 Å². The number of para-hydroxylation sites is 2. The fourth-order valence-electron chi connectivity index (χ4n) is 1.42. The Labute approximate surface area is 106 Å². The molecular formula is C11H15N3O3S. The predicted octanol–water partition coefficient (Wildman–Crippen LogP) is 1.13. The SMILES string of the molecule is CN(C)S(=O)(=O)CCNc1nc2ccccc2o1. The molecule has 0 unspecified atom stereocenters. The highest BCUT2D eigenvalue weighted by atomic mass is 32.2. The van der Waals surface area contributed by atoms with Crippen LogP contribution < -0.4 is 5.32 Å². The summed E-state index contributed by atoms with van der Waals surface area (Å²) in [5.41, 5.74) is 1.42. The average Bonchev–Trinajstić information content (AvgIpc) is 2.70. The van der Waals surface area contributed by atoms with Gasteiger partial charge in [-0.3, -0.25) is 0 Å². The molecule has 0 aliphatic heterocycles. The summed E-state index contributed by atoms with van der Waals surface area (Å²) in [7, 11) is -0.180. The molecule has 0 fully saturated rings. The minimum atomic E-state index is -3.20. The first-order valence-corrected chi connectivity index (χ1v) is 7.09. The van der Waals surface area contributed by atoms with Crippen molar-refractivity contribution in [3.63, 3.8) is 0 Å². The van der Waals surface area contributed by atoms with E-state index in [2.05, 4.69) is 10.3 Å². The number of fused-ring (bicyclic) bond motifs is 1. The molecule has 2 rings (SSSR count). The zero-order valence-corrected chi connectivity index (χ0v) is 11.1. The lowest BCUT2D eigenvalue weighted by molar-refractivity contribution is 0.521. The molecule has 0 atom stereocenters. The third kappa shape index (κ3) is 2.80. The van der Waals surface area contributed by atoms with Gasteiger partial charge in [-0.2, -0.15) is 4.98 Å². The summed E-state index contributed by atoms with van der Waals surface area (Å²) in [6, 6.07) is 7.70. The topological polar surface area (TPSA) is 75.4 Å². The Kier molecular flexibility index (Phi) is 3.53. The van der Waals surface area contributed by atoms with Crippen molar-refractivity contribution in [3.8, 4) is 0 Å². The second-order valence-electron chi connectivity index (χ2n) is 4.01. The summed E-state index contributed by atoms with van der Waals surface area (Å²) in [5, 5.41) is 2.86. The van der Waals surface area contributed by atoms with Crippen LogP contribution in [-0.2, 0) is 10.0 Å². The van der Waals surface area contributed by atoms with Crippen LogP contribution in [0.3, 0.4) is 0 Å². The molecule has 7 heteroatoms. The molecule has 0 radical (unpaired) electrons. The fraction of sp³-hybridized carbons (Fsp3) is 0.364. The molecule has 0 amide bonds. The zero-order chi connectivity index (χ0) is 13.2. The lowest BCUT2D eigenvalue weighted by Gasteiger charge is -2.10. The average molecular weight is 269 g/mol. The van der Waals surface area contributed by atoms with Gasteiger partial charge in [0.05, 0.1) is 5.75 Å². The van der Waals surface area contributed by atoms with Gasteiger partial charge in [0, 0.05) is 20.6 Å². The van der Waals surface area contributed by atoms with Crippen molar-refractivity contribution in [2.45, 2.75) is 0 Å². The standard InChI is InChI=1S/C11H15N3O3S/c1-14(2)18(15,16)8-7-12-11-13-9-5-3-4-6-10(9)17-11/h3-6H,7-8H2,1-2H3,(H,12,13). The van der Waals surface area contributed by atoms with Crippen molar-refractivity contribution in [3.05, 3.63) is 24.3 Å². The monoisotopic (exact) mass is 269 g/mol. The van der Waals surface area contributed by atoms with E-state index in [1.165, 1.54) is 18.4 Å². The van der Waals surface area contributed by atoms with Gasteiger partial charge in [0.2, 0.25) is 10.0 Å². The van der Waals surface area contributed by atoms with Gasteiger partial charge in [-0.25, -0.2) is 12.7 Å². The molecule has 98 valence electrons. The van der Waals surface area contributed by atoms with Crippen LogP contribution >= 0.6 is 0 Å². The first-order valence-electron chi connectivity index (χ1n) is 5.49. The van der Waals surface area contributed by atoms with Crippen LogP contribution in [0.15, 0.2) is 28.7 Å². The third-order valence-corrected chi connectivity index (χ3v) is 4.32. The summed E-state index contributed by atoms with van der Waals surface area (Å²) in [6.07, 6.45) is 0. The number of nitrogens with zero attached hydrogens (tertiary/aromatic N) is 2. The Morgan fingerprint density at radius 1 is 1.33 bits per heavy atom. The molecule has 0 spiro atoms. The predicted molar refractivity (Wildman–Crippen MR) is 70.0 cm³/mol. The minimum absolute atomic E-state index is 0.00126. The van der Waals surface area contributed by atoms with Crippen LogP contribution in [0, 0.1) is 0 Å². The van der Waals surface area contributed by atoms with E-state index in [0.717, 1.165) is 5.52 Å². The molecule has 1 heterocycles. The summed E-state index contributed by atoms with van der Waals surface area (Å²) in [5.74, 6) is -0.00126. The molecule has 2 aromatic rings. The Balaban J connectivity index is 1.99. The smallest absolute Gasteiger partial charge is 0.295 e. The quantitative estimate of drug-likeness (QED) is 0.880. The summed E-state index contributed by atoms with van der Waals surface area (Å²) in [4.78, 5) is 4.19. The maximum absolute atomic E-state index is 11.5. The van der Waals surface area contributed by atoms with E-state index in [1.807, 2.05) is 24.3 Å². The van der Waals surface area contributed by atoms with Gasteiger partial charge in [0.15, 0.2) is 5.58 Å². The Bertz CT molecular complexity index is 601. The molecule has 0 aliphatic carbocycles. The van der Waals surface area contributed by atoms with Crippen molar-refractivity contribution in [2.24, 2.45) is 0 Å².